The summed E-state index contributed by atoms with van der Waals surface area (Å²) in [6.45, 7) is 7.76. The Morgan fingerprint density at radius 2 is 1.66 bits per heavy atom. The van der Waals surface area contributed by atoms with Crippen LogP contribution in [-0.2, 0) is 30.2 Å². The van der Waals surface area contributed by atoms with E-state index in [9.17, 15) is 9.59 Å². The monoisotopic (exact) mass is 927 g/mol. The second-order valence-corrected chi connectivity index (χ2v) is 19.4. The molecule has 3 aliphatic rings. The standard InChI is InChI=1S/C57H63F2NO6S/c1-5-9-40-16-21-43(22-17-40)45-34-52(58)55(53(59)35-45)51-29-28-50(57(62)65-33-30-42-18-24-46(25-19-42)63-31-8-32-64-54(61)6-2)39(4)49(51)27-23-44(10-7-11-47-37-66-47)56-60-36-48(67-56)26-20-41-14-12-38(3)13-15-41/h2,12-15,18-19,23-25,27,34-36,39-40,43,47,50-51H,5,7-11,16-17,21-22,28-33,37H2,1,3-4H3/b44-23+,49-27+. The van der Waals surface area contributed by atoms with E-state index in [2.05, 4.69) is 24.8 Å². The summed E-state index contributed by atoms with van der Waals surface area (Å²) < 4.78 is 55.2. The fourth-order valence-electron chi connectivity index (χ4n) is 9.63. The maximum atomic E-state index is 16.6. The van der Waals surface area contributed by atoms with Gasteiger partial charge in [0.2, 0.25) is 0 Å². The number of esters is 2. The molecule has 2 saturated carbocycles. The van der Waals surface area contributed by atoms with E-state index in [-0.39, 0.29) is 42.7 Å². The van der Waals surface area contributed by atoms with Crippen LogP contribution in [0.4, 0.5) is 8.78 Å². The minimum absolute atomic E-state index is 0.0804. The minimum Gasteiger partial charge on any atom is -0.493 e. The van der Waals surface area contributed by atoms with E-state index in [0.717, 1.165) is 95.7 Å². The molecule has 1 aliphatic heterocycles. The Morgan fingerprint density at radius 3 is 2.36 bits per heavy atom. The van der Waals surface area contributed by atoms with Gasteiger partial charge in [-0.15, -0.1) is 17.8 Å². The molecule has 67 heavy (non-hydrogen) atoms. The molecule has 4 aromatic rings. The van der Waals surface area contributed by atoms with Crippen molar-refractivity contribution in [3.05, 3.63) is 134 Å². The summed E-state index contributed by atoms with van der Waals surface area (Å²) >= 11 is 1.53. The van der Waals surface area contributed by atoms with Crippen molar-refractivity contribution in [2.75, 3.05) is 26.4 Å². The molecule has 1 saturated heterocycles. The lowest BCUT2D eigenvalue weighted by Crippen LogP contribution is -2.33. The quantitative estimate of drug-likeness (QED) is 0.0304. The number of hydrogen-bond acceptors (Lipinski definition) is 8. The first kappa shape index (κ1) is 49.4. The van der Waals surface area contributed by atoms with Crippen LogP contribution in [0.5, 0.6) is 5.75 Å². The molecule has 3 fully saturated rings. The normalized spacial score (nSPS) is 22.0. The number of rotatable bonds is 19. The van der Waals surface area contributed by atoms with Gasteiger partial charge in [-0.05, 0) is 141 Å². The van der Waals surface area contributed by atoms with Crippen LogP contribution in [0.1, 0.15) is 140 Å². The number of aromatic nitrogens is 1. The second kappa shape index (κ2) is 24.5. The van der Waals surface area contributed by atoms with E-state index in [1.807, 2.05) is 74.4 Å². The largest absolute Gasteiger partial charge is 0.493 e. The van der Waals surface area contributed by atoms with E-state index in [1.54, 1.807) is 18.3 Å². The average Bonchev–Trinajstić information content (AvgIpc) is 4.04. The van der Waals surface area contributed by atoms with Crippen molar-refractivity contribution in [3.63, 3.8) is 0 Å². The van der Waals surface area contributed by atoms with Gasteiger partial charge in [-0.2, -0.15) is 0 Å². The number of benzene rings is 3. The molecule has 0 amide bonds. The number of carbonyl (C=O) groups is 2. The zero-order valence-electron chi connectivity index (χ0n) is 39.1. The Labute approximate surface area is 399 Å². The summed E-state index contributed by atoms with van der Waals surface area (Å²) in [5, 5.41) is 0.844. The van der Waals surface area contributed by atoms with Crippen LogP contribution < -0.4 is 4.74 Å². The number of thiazole rings is 1. The number of terminal acetylenes is 1. The van der Waals surface area contributed by atoms with Gasteiger partial charge in [0.15, 0.2) is 0 Å². The van der Waals surface area contributed by atoms with Crippen LogP contribution in [0.3, 0.4) is 0 Å². The SMILES string of the molecule is C#CC(=O)OCCCOc1ccc(CCOC(=O)C2CCC(c3c(F)cc(C4CCC(CCC)CC4)cc3F)/C(=C/C=C(\CCCC3CO3)c3ncc(C#Cc4ccc(C)cc4)s3)C2C)cc1. The predicted octanol–water partition coefficient (Wildman–Crippen LogP) is 12.6. The molecule has 0 N–H and O–H groups in total. The second-order valence-electron chi connectivity index (χ2n) is 18.3. The number of aryl methyl sites for hydroxylation is 1. The number of nitrogens with zero attached hydrogens (tertiary/aromatic N) is 1. The third-order valence-electron chi connectivity index (χ3n) is 13.5. The first-order valence-corrected chi connectivity index (χ1v) is 25.0. The van der Waals surface area contributed by atoms with Crippen molar-refractivity contribution < 1.29 is 37.3 Å². The Morgan fingerprint density at radius 1 is 0.910 bits per heavy atom. The maximum Gasteiger partial charge on any atom is 0.384 e. The van der Waals surface area contributed by atoms with Crippen molar-refractivity contribution in [3.8, 4) is 29.9 Å². The van der Waals surface area contributed by atoms with Crippen LogP contribution in [-0.4, -0.2) is 49.5 Å². The average molecular weight is 928 g/mol. The summed E-state index contributed by atoms with van der Waals surface area (Å²) in [6, 6.07) is 18.8. The number of halogens is 2. The number of carbonyl (C=O) groups excluding carboxylic acids is 2. The molecular formula is C57H63F2NO6S. The lowest BCUT2D eigenvalue weighted by molar-refractivity contribution is -0.150. The molecule has 3 aromatic carbocycles. The molecule has 2 heterocycles. The molecule has 4 unspecified atom stereocenters. The zero-order valence-corrected chi connectivity index (χ0v) is 39.9. The van der Waals surface area contributed by atoms with Gasteiger partial charge in [0, 0.05) is 35.8 Å². The van der Waals surface area contributed by atoms with Gasteiger partial charge >= 0.3 is 11.9 Å². The van der Waals surface area contributed by atoms with E-state index in [4.69, 9.17) is 30.4 Å². The predicted molar refractivity (Wildman–Crippen MR) is 261 cm³/mol. The smallest absolute Gasteiger partial charge is 0.384 e. The highest BCUT2D eigenvalue weighted by atomic mass is 32.1. The Bertz CT molecular complexity index is 2440. The fraction of sp³-hybridized carbons (Fsp3) is 0.456. The third-order valence-corrected chi connectivity index (χ3v) is 14.5. The molecule has 352 valence electrons. The summed E-state index contributed by atoms with van der Waals surface area (Å²) in [6.07, 6.45) is 22.0. The van der Waals surface area contributed by atoms with Gasteiger partial charge in [-0.25, -0.2) is 18.6 Å². The number of ether oxygens (including phenoxy) is 4. The minimum atomic E-state index is -0.694. The van der Waals surface area contributed by atoms with Gasteiger partial charge in [0.05, 0.1) is 49.5 Å². The topological polar surface area (TPSA) is 87.2 Å². The number of epoxide rings is 1. The molecule has 2 aliphatic carbocycles. The Kier molecular flexibility index (Phi) is 18.0. The van der Waals surface area contributed by atoms with E-state index < -0.39 is 29.4 Å². The summed E-state index contributed by atoms with van der Waals surface area (Å²) in [5.41, 5.74) is 5.73. The molecule has 1 aromatic heterocycles. The summed E-state index contributed by atoms with van der Waals surface area (Å²) in [5.74, 6) is 6.52. The summed E-state index contributed by atoms with van der Waals surface area (Å²) in [4.78, 5) is 30.7. The zero-order chi connectivity index (χ0) is 47.1. The summed E-state index contributed by atoms with van der Waals surface area (Å²) in [7, 11) is 0. The van der Waals surface area contributed by atoms with Crippen LogP contribution in [0, 0.1) is 60.5 Å². The number of allylic oxidation sites excluding steroid dienone is 4. The Hall–Kier alpha value is -5.55. The fourth-order valence-corrected chi connectivity index (χ4v) is 10.4. The van der Waals surface area contributed by atoms with Crippen LogP contribution in [0.25, 0.3) is 5.57 Å². The van der Waals surface area contributed by atoms with E-state index >= 15 is 8.78 Å². The van der Waals surface area contributed by atoms with E-state index in [0.29, 0.717) is 44.0 Å². The van der Waals surface area contributed by atoms with Gasteiger partial charge in [-0.1, -0.05) is 80.2 Å². The highest BCUT2D eigenvalue weighted by Crippen LogP contribution is 2.47. The Balaban J connectivity index is 1.10. The van der Waals surface area contributed by atoms with Crippen molar-refractivity contribution in [2.45, 2.75) is 122 Å². The van der Waals surface area contributed by atoms with Crippen LogP contribution in [0.15, 0.2) is 84.6 Å². The number of hydrogen-bond donors (Lipinski definition) is 0. The van der Waals surface area contributed by atoms with Crippen molar-refractivity contribution in [2.24, 2.45) is 17.8 Å². The maximum absolute atomic E-state index is 16.6. The highest BCUT2D eigenvalue weighted by Gasteiger charge is 2.40. The lowest BCUT2D eigenvalue weighted by Gasteiger charge is -2.36. The first-order chi connectivity index (χ1) is 32.6. The molecule has 10 heteroatoms. The van der Waals surface area contributed by atoms with E-state index in [1.165, 1.54) is 23.3 Å². The van der Waals surface area contributed by atoms with Gasteiger partial charge in [-0.3, -0.25) is 4.79 Å². The van der Waals surface area contributed by atoms with Crippen molar-refractivity contribution in [1.82, 2.24) is 4.98 Å². The van der Waals surface area contributed by atoms with Crippen molar-refractivity contribution in [1.29, 1.82) is 0 Å². The lowest BCUT2D eigenvalue weighted by atomic mass is 9.68. The molecule has 0 bridgehead atoms. The van der Waals surface area contributed by atoms with Crippen molar-refractivity contribution >= 4 is 28.8 Å². The molecular weight excluding hydrogens is 865 g/mol. The molecule has 7 rings (SSSR count). The molecule has 4 atom stereocenters. The highest BCUT2D eigenvalue weighted by molar-refractivity contribution is 7.13. The molecule has 7 nitrogen and oxygen atoms in total. The van der Waals surface area contributed by atoms with Crippen LogP contribution >= 0.6 is 11.3 Å². The molecule has 0 spiro atoms. The van der Waals surface area contributed by atoms with Gasteiger partial charge < -0.3 is 18.9 Å². The van der Waals surface area contributed by atoms with Gasteiger partial charge in [0.25, 0.3) is 0 Å². The first-order valence-electron chi connectivity index (χ1n) is 24.2. The van der Waals surface area contributed by atoms with Gasteiger partial charge in [0.1, 0.15) is 22.4 Å². The third kappa shape index (κ3) is 14.2. The van der Waals surface area contributed by atoms with Crippen LogP contribution in [0.2, 0.25) is 0 Å². The molecule has 0 radical (unpaired) electrons.